The third-order valence-electron chi connectivity index (χ3n) is 6.27. The molecule has 0 unspecified atom stereocenters. The van der Waals surface area contributed by atoms with Crippen LogP contribution in [0.1, 0.15) is 59.9 Å². The zero-order valence-corrected chi connectivity index (χ0v) is 21.3. The predicted molar refractivity (Wildman–Crippen MR) is 139 cm³/mol. The summed E-state index contributed by atoms with van der Waals surface area (Å²) in [7, 11) is 2.18. The Kier molecular flexibility index (Phi) is 7.25. The molecule has 0 fully saturated rings. The van der Waals surface area contributed by atoms with Gasteiger partial charge in [0, 0.05) is 41.6 Å². The standard InChI is InChI=1S/C27H36N4OS/c1-18(2)8-9-23(29-27(32)28-21-15-19(3)14-20(4)16-21)25-22-10-13-30(5)17-24(22)33-26(25)31-11-6-7-12-31/h6-7,11-12,14-16,18,23H,8-10,13,17H2,1-5H3,(H2,28,29,32)/t23-/m1/s1. The molecule has 2 amide bonds. The Bertz CT molecular complexity index is 1080. The molecular formula is C27H36N4OS. The van der Waals surface area contributed by atoms with Crippen LogP contribution in [0.4, 0.5) is 10.5 Å². The van der Waals surface area contributed by atoms with Gasteiger partial charge in [-0.3, -0.25) is 0 Å². The number of amides is 2. The van der Waals surface area contributed by atoms with Gasteiger partial charge in [0.15, 0.2) is 0 Å². The predicted octanol–water partition coefficient (Wildman–Crippen LogP) is 6.44. The first-order valence-electron chi connectivity index (χ1n) is 11.9. The maximum absolute atomic E-state index is 13.2. The Labute approximate surface area is 201 Å². The number of thiophene rings is 1. The maximum atomic E-state index is 13.2. The highest BCUT2D eigenvalue weighted by Crippen LogP contribution is 2.40. The molecule has 0 bridgehead atoms. The van der Waals surface area contributed by atoms with E-state index in [0.29, 0.717) is 5.92 Å². The van der Waals surface area contributed by atoms with Crippen LogP contribution in [0.25, 0.3) is 5.00 Å². The molecule has 33 heavy (non-hydrogen) atoms. The van der Waals surface area contributed by atoms with Crippen LogP contribution in [0.15, 0.2) is 42.7 Å². The molecule has 2 N–H and O–H groups in total. The van der Waals surface area contributed by atoms with Crippen molar-refractivity contribution in [1.29, 1.82) is 0 Å². The molecule has 1 aliphatic rings. The number of aromatic nitrogens is 1. The monoisotopic (exact) mass is 464 g/mol. The molecule has 1 atom stereocenters. The molecule has 2 aromatic heterocycles. The van der Waals surface area contributed by atoms with Gasteiger partial charge in [-0.2, -0.15) is 0 Å². The number of nitrogens with one attached hydrogen (secondary N) is 2. The number of aryl methyl sites for hydroxylation is 2. The number of anilines is 1. The van der Waals surface area contributed by atoms with E-state index in [1.807, 2.05) is 23.5 Å². The second-order valence-electron chi connectivity index (χ2n) is 9.80. The topological polar surface area (TPSA) is 49.3 Å². The molecule has 0 radical (unpaired) electrons. The lowest BCUT2D eigenvalue weighted by Gasteiger charge is -2.26. The Balaban J connectivity index is 1.67. The van der Waals surface area contributed by atoms with Gasteiger partial charge >= 0.3 is 6.03 Å². The van der Waals surface area contributed by atoms with E-state index in [1.54, 1.807) is 0 Å². The van der Waals surface area contributed by atoms with Gasteiger partial charge in [0.05, 0.1) is 6.04 Å². The molecule has 176 valence electrons. The number of carbonyl (C=O) groups excluding carboxylic acids is 1. The lowest BCUT2D eigenvalue weighted by Crippen LogP contribution is -2.34. The summed E-state index contributed by atoms with van der Waals surface area (Å²) in [5.74, 6) is 0.576. The fourth-order valence-electron chi connectivity index (χ4n) is 4.72. The Morgan fingerprint density at radius 1 is 1.09 bits per heavy atom. The highest BCUT2D eigenvalue weighted by molar-refractivity contribution is 7.15. The third-order valence-corrected chi connectivity index (χ3v) is 7.52. The van der Waals surface area contributed by atoms with Gasteiger partial charge in [-0.05, 0) is 87.0 Å². The zero-order chi connectivity index (χ0) is 23.5. The molecule has 0 spiro atoms. The summed E-state index contributed by atoms with van der Waals surface area (Å²) < 4.78 is 2.21. The minimum Gasteiger partial charge on any atom is -0.331 e. The smallest absolute Gasteiger partial charge is 0.319 e. The SMILES string of the molecule is Cc1cc(C)cc(NC(=O)N[C@H](CCC(C)C)c2c(-n3cccc3)sc3c2CCN(C)C3)c1. The number of hydrogen-bond donors (Lipinski definition) is 2. The number of likely N-dealkylation sites (N-methyl/N-ethyl adjacent to an activating group) is 1. The fraction of sp³-hybridized carbons (Fsp3) is 0.444. The molecule has 6 heteroatoms. The van der Waals surface area contributed by atoms with Crippen LogP contribution in [0.5, 0.6) is 0 Å². The molecule has 0 saturated heterocycles. The lowest BCUT2D eigenvalue weighted by atomic mass is 9.92. The maximum Gasteiger partial charge on any atom is 0.319 e. The van der Waals surface area contributed by atoms with E-state index < -0.39 is 0 Å². The molecule has 3 aromatic rings. The summed E-state index contributed by atoms with van der Waals surface area (Å²) in [6.45, 7) is 10.6. The molecule has 4 rings (SSSR count). The van der Waals surface area contributed by atoms with E-state index in [2.05, 4.69) is 85.4 Å². The van der Waals surface area contributed by atoms with Crippen molar-refractivity contribution in [2.45, 2.75) is 59.5 Å². The van der Waals surface area contributed by atoms with E-state index in [1.165, 1.54) is 21.0 Å². The summed E-state index contributed by atoms with van der Waals surface area (Å²) in [6.07, 6.45) is 7.23. The molecule has 3 heterocycles. The van der Waals surface area contributed by atoms with Crippen LogP contribution in [0, 0.1) is 19.8 Å². The lowest BCUT2D eigenvalue weighted by molar-refractivity contribution is 0.247. The van der Waals surface area contributed by atoms with Crippen LogP contribution < -0.4 is 10.6 Å². The van der Waals surface area contributed by atoms with E-state index in [4.69, 9.17) is 0 Å². The summed E-state index contributed by atoms with van der Waals surface area (Å²) in [4.78, 5) is 17.0. The van der Waals surface area contributed by atoms with Gasteiger partial charge in [0.2, 0.25) is 0 Å². The van der Waals surface area contributed by atoms with Crippen LogP contribution in [0.2, 0.25) is 0 Å². The summed E-state index contributed by atoms with van der Waals surface area (Å²) in [6, 6.07) is 10.1. The van der Waals surface area contributed by atoms with Crippen molar-refractivity contribution in [2.75, 3.05) is 18.9 Å². The normalized spacial score (nSPS) is 14.8. The second-order valence-corrected chi connectivity index (χ2v) is 10.9. The van der Waals surface area contributed by atoms with Crippen molar-refractivity contribution in [3.05, 3.63) is 69.9 Å². The van der Waals surface area contributed by atoms with E-state index in [9.17, 15) is 4.79 Å². The van der Waals surface area contributed by atoms with Gasteiger partial charge in [0.1, 0.15) is 5.00 Å². The summed E-state index contributed by atoms with van der Waals surface area (Å²) >= 11 is 1.87. The Morgan fingerprint density at radius 2 is 1.79 bits per heavy atom. The van der Waals surface area contributed by atoms with E-state index in [0.717, 1.165) is 49.2 Å². The first kappa shape index (κ1) is 23.6. The van der Waals surface area contributed by atoms with Crippen LogP contribution in [0.3, 0.4) is 0 Å². The van der Waals surface area contributed by atoms with Crippen molar-refractivity contribution in [2.24, 2.45) is 5.92 Å². The number of hydrogen-bond acceptors (Lipinski definition) is 3. The number of nitrogens with zero attached hydrogens (tertiary/aromatic N) is 2. The van der Waals surface area contributed by atoms with Crippen LogP contribution in [-0.4, -0.2) is 29.1 Å². The molecular weight excluding hydrogens is 428 g/mol. The van der Waals surface area contributed by atoms with Gasteiger partial charge in [-0.25, -0.2) is 4.79 Å². The highest BCUT2D eigenvalue weighted by atomic mass is 32.1. The quantitative estimate of drug-likeness (QED) is 0.422. The first-order valence-corrected chi connectivity index (χ1v) is 12.7. The third kappa shape index (κ3) is 5.68. The zero-order valence-electron chi connectivity index (χ0n) is 20.4. The molecule has 1 aliphatic heterocycles. The number of urea groups is 1. The van der Waals surface area contributed by atoms with E-state index >= 15 is 0 Å². The highest BCUT2D eigenvalue weighted by Gasteiger charge is 2.29. The van der Waals surface area contributed by atoms with E-state index in [-0.39, 0.29) is 12.1 Å². The molecule has 0 saturated carbocycles. The Hall–Kier alpha value is -2.57. The van der Waals surface area contributed by atoms with Gasteiger partial charge in [-0.15, -0.1) is 11.3 Å². The minimum atomic E-state index is -0.139. The largest absolute Gasteiger partial charge is 0.331 e. The van der Waals surface area contributed by atoms with Crippen molar-refractivity contribution in [3.8, 4) is 5.00 Å². The van der Waals surface area contributed by atoms with Crippen molar-refractivity contribution in [1.82, 2.24) is 14.8 Å². The van der Waals surface area contributed by atoms with Crippen molar-refractivity contribution >= 4 is 23.1 Å². The molecule has 0 aliphatic carbocycles. The average molecular weight is 465 g/mol. The Morgan fingerprint density at radius 3 is 2.45 bits per heavy atom. The summed E-state index contributed by atoms with van der Waals surface area (Å²) in [5, 5.41) is 7.68. The van der Waals surface area contributed by atoms with Crippen molar-refractivity contribution < 1.29 is 4.79 Å². The summed E-state index contributed by atoms with van der Waals surface area (Å²) in [5.41, 5.74) is 5.87. The average Bonchev–Trinajstić information content (AvgIpc) is 3.37. The second kappa shape index (κ2) is 10.1. The fourth-order valence-corrected chi connectivity index (χ4v) is 6.18. The number of benzene rings is 1. The number of rotatable bonds is 7. The van der Waals surface area contributed by atoms with Crippen LogP contribution in [-0.2, 0) is 13.0 Å². The first-order chi connectivity index (χ1) is 15.8. The molecule has 1 aromatic carbocycles. The van der Waals surface area contributed by atoms with Crippen molar-refractivity contribution in [3.63, 3.8) is 0 Å². The van der Waals surface area contributed by atoms with Gasteiger partial charge in [0.25, 0.3) is 0 Å². The van der Waals surface area contributed by atoms with Gasteiger partial charge < -0.3 is 20.1 Å². The molecule has 5 nitrogen and oxygen atoms in total. The minimum absolute atomic E-state index is 0.0286. The number of carbonyl (C=O) groups is 1. The van der Waals surface area contributed by atoms with Crippen LogP contribution >= 0.6 is 11.3 Å². The number of fused-ring (bicyclic) bond motifs is 1. The van der Waals surface area contributed by atoms with Gasteiger partial charge in [-0.1, -0.05) is 19.9 Å².